The second kappa shape index (κ2) is 13.6. The van der Waals surface area contributed by atoms with Gasteiger partial charge in [0.25, 0.3) is 10.0 Å². The fourth-order valence-electron chi connectivity index (χ4n) is 4.37. The molecule has 0 heterocycles. The van der Waals surface area contributed by atoms with E-state index in [0.717, 1.165) is 15.4 Å². The molecule has 3 aromatic rings. The van der Waals surface area contributed by atoms with Gasteiger partial charge in [0, 0.05) is 13.1 Å². The lowest BCUT2D eigenvalue weighted by Gasteiger charge is -2.34. The molecule has 0 fully saturated rings. The van der Waals surface area contributed by atoms with Gasteiger partial charge in [-0.25, -0.2) is 12.8 Å². The van der Waals surface area contributed by atoms with E-state index in [1.165, 1.54) is 29.2 Å². The molecule has 0 radical (unpaired) electrons. The van der Waals surface area contributed by atoms with E-state index in [1.807, 2.05) is 33.8 Å². The van der Waals surface area contributed by atoms with E-state index in [-0.39, 0.29) is 23.3 Å². The first-order valence-corrected chi connectivity index (χ1v) is 14.8. The van der Waals surface area contributed by atoms with E-state index in [4.69, 9.17) is 0 Å². The minimum Gasteiger partial charge on any atom is -0.354 e. The van der Waals surface area contributed by atoms with Gasteiger partial charge >= 0.3 is 0 Å². The molecule has 0 aliphatic carbocycles. The zero-order chi connectivity index (χ0) is 29.4. The van der Waals surface area contributed by atoms with E-state index in [9.17, 15) is 22.4 Å². The van der Waals surface area contributed by atoms with Gasteiger partial charge in [0.1, 0.15) is 18.4 Å². The second-order valence-corrected chi connectivity index (χ2v) is 12.1. The Hall–Kier alpha value is -3.72. The Morgan fingerprint density at radius 1 is 0.925 bits per heavy atom. The zero-order valence-corrected chi connectivity index (χ0v) is 24.5. The van der Waals surface area contributed by atoms with Crippen LogP contribution in [0, 0.1) is 25.6 Å². The number of halogens is 1. The van der Waals surface area contributed by atoms with E-state index in [0.29, 0.717) is 24.2 Å². The fraction of sp³-hybridized carbons (Fsp3) is 0.355. The maximum Gasteiger partial charge on any atom is 0.264 e. The van der Waals surface area contributed by atoms with Crippen molar-refractivity contribution in [3.8, 4) is 0 Å². The summed E-state index contributed by atoms with van der Waals surface area (Å²) in [5.74, 6) is -1.08. The van der Waals surface area contributed by atoms with Crippen LogP contribution in [0.4, 0.5) is 10.1 Å². The fourth-order valence-corrected chi connectivity index (χ4v) is 5.86. The predicted molar refractivity (Wildman–Crippen MR) is 156 cm³/mol. The molecule has 0 saturated heterocycles. The van der Waals surface area contributed by atoms with Crippen molar-refractivity contribution in [2.24, 2.45) is 5.92 Å². The van der Waals surface area contributed by atoms with E-state index < -0.39 is 34.3 Å². The highest BCUT2D eigenvalue weighted by Crippen LogP contribution is 2.29. The summed E-state index contributed by atoms with van der Waals surface area (Å²) >= 11 is 0. The summed E-state index contributed by atoms with van der Waals surface area (Å²) in [5, 5.41) is 2.90. The van der Waals surface area contributed by atoms with Crippen LogP contribution in [0.15, 0.2) is 77.7 Å². The Bertz CT molecular complexity index is 1410. The maximum absolute atomic E-state index is 14.1. The first kappa shape index (κ1) is 30.8. The molecule has 0 saturated carbocycles. The summed E-state index contributed by atoms with van der Waals surface area (Å²) < 4.78 is 42.6. The summed E-state index contributed by atoms with van der Waals surface area (Å²) in [6, 6.07) is 18.1. The average molecular weight is 568 g/mol. The molecule has 7 nitrogen and oxygen atoms in total. The van der Waals surface area contributed by atoms with E-state index in [2.05, 4.69) is 5.32 Å². The van der Waals surface area contributed by atoms with Gasteiger partial charge in [-0.1, -0.05) is 63.2 Å². The molecule has 0 aromatic heterocycles. The van der Waals surface area contributed by atoms with Crippen LogP contribution in [0.5, 0.6) is 0 Å². The lowest BCUT2D eigenvalue weighted by atomic mass is 10.1. The van der Waals surface area contributed by atoms with Crippen LogP contribution in [0.1, 0.15) is 43.9 Å². The molecule has 0 unspecified atom stereocenters. The first-order chi connectivity index (χ1) is 18.9. The molecule has 0 aliphatic heterocycles. The number of carbonyl (C=O) groups is 2. The normalized spacial score (nSPS) is 12.2. The molecule has 3 rings (SSSR count). The number of aryl methyl sites for hydroxylation is 1. The van der Waals surface area contributed by atoms with Crippen LogP contribution >= 0.6 is 0 Å². The molecular weight excluding hydrogens is 529 g/mol. The lowest BCUT2D eigenvalue weighted by molar-refractivity contribution is -0.140. The van der Waals surface area contributed by atoms with Crippen LogP contribution in [-0.4, -0.2) is 44.3 Å². The highest BCUT2D eigenvalue weighted by molar-refractivity contribution is 7.92. The van der Waals surface area contributed by atoms with Gasteiger partial charge in [-0.3, -0.25) is 13.9 Å². The van der Waals surface area contributed by atoms with Crippen molar-refractivity contribution in [3.63, 3.8) is 0 Å². The van der Waals surface area contributed by atoms with Crippen molar-refractivity contribution < 1.29 is 22.4 Å². The molecule has 2 amide bonds. The molecule has 214 valence electrons. The number of nitrogens with one attached hydrogen (secondary N) is 1. The summed E-state index contributed by atoms with van der Waals surface area (Å²) in [6.45, 7) is 9.36. The van der Waals surface area contributed by atoms with Gasteiger partial charge in [-0.15, -0.1) is 0 Å². The topological polar surface area (TPSA) is 86.8 Å². The summed E-state index contributed by atoms with van der Waals surface area (Å²) in [4.78, 5) is 28.8. The standard InChI is InChI=1S/C31H38FN3O4S/c1-6-28(31(37)33-19-22(2)3)34(20-25-15-17-26(32)18-16-25)30(36)21-35(29-14-10-11-23(4)24(29)5)40(38,39)27-12-8-7-9-13-27/h7-18,22,28H,6,19-21H2,1-5H3,(H,33,37)/t28-/m0/s1. The van der Waals surface area contributed by atoms with Crippen LogP contribution in [0.25, 0.3) is 0 Å². The minimum absolute atomic E-state index is 0.0126. The molecular formula is C31H38FN3O4S. The molecule has 0 aliphatic rings. The highest BCUT2D eigenvalue weighted by atomic mass is 32.2. The molecule has 40 heavy (non-hydrogen) atoms. The van der Waals surface area contributed by atoms with Crippen molar-refractivity contribution in [1.82, 2.24) is 10.2 Å². The largest absolute Gasteiger partial charge is 0.354 e. The van der Waals surface area contributed by atoms with Gasteiger partial charge in [-0.05, 0) is 73.2 Å². The van der Waals surface area contributed by atoms with Gasteiger partial charge in [0.05, 0.1) is 10.6 Å². The summed E-state index contributed by atoms with van der Waals surface area (Å²) in [7, 11) is -4.14. The van der Waals surface area contributed by atoms with Gasteiger partial charge in [0.2, 0.25) is 11.8 Å². The number of hydrogen-bond acceptors (Lipinski definition) is 4. The number of nitrogens with zero attached hydrogens (tertiary/aromatic N) is 2. The Labute approximate surface area is 237 Å². The van der Waals surface area contributed by atoms with E-state index in [1.54, 1.807) is 49.4 Å². The Morgan fingerprint density at radius 3 is 2.17 bits per heavy atom. The Kier molecular flexibility index (Phi) is 10.5. The predicted octanol–water partition coefficient (Wildman–Crippen LogP) is 5.22. The van der Waals surface area contributed by atoms with Gasteiger partial charge in [-0.2, -0.15) is 0 Å². The van der Waals surface area contributed by atoms with Crippen molar-refractivity contribution in [2.75, 3.05) is 17.4 Å². The van der Waals surface area contributed by atoms with Crippen LogP contribution in [0.3, 0.4) is 0 Å². The molecule has 1 atom stereocenters. The number of rotatable bonds is 12. The number of benzene rings is 3. The SMILES string of the molecule is CC[C@@H](C(=O)NCC(C)C)N(Cc1ccc(F)cc1)C(=O)CN(c1cccc(C)c1C)S(=O)(=O)c1ccccc1. The molecule has 9 heteroatoms. The maximum atomic E-state index is 14.1. The first-order valence-electron chi connectivity index (χ1n) is 13.4. The second-order valence-electron chi connectivity index (χ2n) is 10.3. The Morgan fingerprint density at radius 2 is 1.57 bits per heavy atom. The number of anilines is 1. The summed E-state index contributed by atoms with van der Waals surface area (Å²) in [6.07, 6.45) is 0.311. The third-order valence-electron chi connectivity index (χ3n) is 6.79. The number of sulfonamides is 1. The molecule has 3 aromatic carbocycles. The van der Waals surface area contributed by atoms with Crippen LogP contribution < -0.4 is 9.62 Å². The molecule has 0 bridgehead atoms. The van der Waals surface area contributed by atoms with Crippen LogP contribution in [-0.2, 0) is 26.2 Å². The zero-order valence-electron chi connectivity index (χ0n) is 23.7. The number of amides is 2. The third-order valence-corrected chi connectivity index (χ3v) is 8.57. The van der Waals surface area contributed by atoms with Crippen molar-refractivity contribution in [3.05, 3.63) is 95.3 Å². The van der Waals surface area contributed by atoms with Gasteiger partial charge in [0.15, 0.2) is 0 Å². The molecule has 1 N–H and O–H groups in total. The smallest absolute Gasteiger partial charge is 0.264 e. The minimum atomic E-state index is -4.14. The highest BCUT2D eigenvalue weighted by Gasteiger charge is 2.34. The number of hydrogen-bond donors (Lipinski definition) is 1. The summed E-state index contributed by atoms with van der Waals surface area (Å²) in [5.41, 5.74) is 2.60. The average Bonchev–Trinajstić information content (AvgIpc) is 2.93. The van der Waals surface area contributed by atoms with Crippen molar-refractivity contribution in [1.29, 1.82) is 0 Å². The van der Waals surface area contributed by atoms with Crippen molar-refractivity contribution in [2.45, 2.75) is 58.5 Å². The molecule has 0 spiro atoms. The van der Waals surface area contributed by atoms with Gasteiger partial charge < -0.3 is 10.2 Å². The van der Waals surface area contributed by atoms with Crippen LogP contribution in [0.2, 0.25) is 0 Å². The third kappa shape index (κ3) is 7.47. The van der Waals surface area contributed by atoms with E-state index >= 15 is 0 Å². The Balaban J connectivity index is 2.07. The monoisotopic (exact) mass is 567 g/mol. The number of carbonyl (C=O) groups excluding carboxylic acids is 2. The van der Waals surface area contributed by atoms with Crippen molar-refractivity contribution >= 4 is 27.5 Å². The lowest BCUT2D eigenvalue weighted by Crippen LogP contribution is -2.52. The quantitative estimate of drug-likeness (QED) is 0.325.